The molecule has 0 saturated heterocycles. The highest BCUT2D eigenvalue weighted by Gasteiger charge is 2.39. The van der Waals surface area contributed by atoms with E-state index in [-0.39, 0.29) is 23.7 Å². The lowest BCUT2D eigenvalue weighted by Gasteiger charge is -2.16. The van der Waals surface area contributed by atoms with Gasteiger partial charge in [0.05, 0.1) is 39.1 Å². The SMILES string of the molecule is COc1ccc(C2=C(Nc3ccc(OC)cc3OC)C(=O)N(Cc3ccccc3)C2=O)cc1. The number of ether oxygens (including phenoxy) is 3. The molecule has 1 heterocycles. The van der Waals surface area contributed by atoms with Crippen LogP contribution in [-0.4, -0.2) is 38.0 Å². The van der Waals surface area contributed by atoms with Gasteiger partial charge in [0.2, 0.25) is 0 Å². The molecule has 0 spiro atoms. The molecule has 7 heteroatoms. The molecule has 7 nitrogen and oxygen atoms in total. The molecule has 0 aliphatic carbocycles. The maximum atomic E-state index is 13.5. The largest absolute Gasteiger partial charge is 0.497 e. The molecule has 0 bridgehead atoms. The molecule has 1 N–H and O–H groups in total. The van der Waals surface area contributed by atoms with Gasteiger partial charge in [-0.15, -0.1) is 0 Å². The topological polar surface area (TPSA) is 77.1 Å². The lowest BCUT2D eigenvalue weighted by molar-refractivity contribution is -0.137. The van der Waals surface area contributed by atoms with Crippen molar-refractivity contribution in [3.8, 4) is 17.2 Å². The van der Waals surface area contributed by atoms with Gasteiger partial charge in [0.1, 0.15) is 22.9 Å². The van der Waals surface area contributed by atoms with E-state index in [0.29, 0.717) is 28.5 Å². The molecule has 33 heavy (non-hydrogen) atoms. The molecular weight excluding hydrogens is 420 g/mol. The van der Waals surface area contributed by atoms with Crippen LogP contribution in [0.4, 0.5) is 5.69 Å². The van der Waals surface area contributed by atoms with Crippen molar-refractivity contribution in [1.29, 1.82) is 0 Å². The summed E-state index contributed by atoms with van der Waals surface area (Å²) in [6.45, 7) is 0.170. The van der Waals surface area contributed by atoms with Crippen LogP contribution in [0, 0.1) is 0 Å². The first-order chi connectivity index (χ1) is 16.0. The Labute approximate surface area is 192 Å². The van der Waals surface area contributed by atoms with Crippen molar-refractivity contribution < 1.29 is 23.8 Å². The van der Waals surface area contributed by atoms with Gasteiger partial charge in [0, 0.05) is 6.07 Å². The molecule has 0 radical (unpaired) electrons. The standard InChI is InChI=1S/C26H24N2O5/c1-31-19-11-9-18(10-12-19)23-24(27-21-14-13-20(32-2)15-22(21)33-3)26(30)28(25(23)29)16-17-7-5-4-6-8-17/h4-15,27H,16H2,1-3H3. The Kier molecular flexibility index (Phi) is 6.31. The van der Waals surface area contributed by atoms with Crippen LogP contribution >= 0.6 is 0 Å². The van der Waals surface area contributed by atoms with Gasteiger partial charge in [0.15, 0.2) is 0 Å². The van der Waals surface area contributed by atoms with Gasteiger partial charge in [-0.05, 0) is 35.4 Å². The Balaban J connectivity index is 1.76. The van der Waals surface area contributed by atoms with E-state index < -0.39 is 5.91 Å². The summed E-state index contributed by atoms with van der Waals surface area (Å²) >= 11 is 0. The van der Waals surface area contributed by atoms with E-state index in [0.717, 1.165) is 5.56 Å². The van der Waals surface area contributed by atoms with Crippen LogP contribution in [0.15, 0.2) is 78.5 Å². The predicted molar refractivity (Wildman–Crippen MR) is 125 cm³/mol. The number of hydrogen-bond donors (Lipinski definition) is 1. The van der Waals surface area contributed by atoms with Gasteiger partial charge >= 0.3 is 0 Å². The van der Waals surface area contributed by atoms with Crippen LogP contribution in [0.1, 0.15) is 11.1 Å². The van der Waals surface area contributed by atoms with Crippen LogP contribution in [0.5, 0.6) is 17.2 Å². The molecule has 3 aromatic carbocycles. The van der Waals surface area contributed by atoms with E-state index in [9.17, 15) is 9.59 Å². The van der Waals surface area contributed by atoms with E-state index >= 15 is 0 Å². The number of imide groups is 1. The molecule has 168 valence electrons. The van der Waals surface area contributed by atoms with Gasteiger partial charge in [-0.25, -0.2) is 0 Å². The molecule has 3 aromatic rings. The maximum absolute atomic E-state index is 13.5. The van der Waals surface area contributed by atoms with Gasteiger partial charge in [0.25, 0.3) is 11.8 Å². The molecule has 0 atom stereocenters. The van der Waals surface area contributed by atoms with Crippen molar-refractivity contribution in [3.63, 3.8) is 0 Å². The molecule has 1 aliphatic rings. The average molecular weight is 444 g/mol. The van der Waals surface area contributed by atoms with E-state index in [1.54, 1.807) is 56.7 Å². The summed E-state index contributed by atoms with van der Waals surface area (Å²) in [4.78, 5) is 28.1. The van der Waals surface area contributed by atoms with Crippen molar-refractivity contribution in [2.75, 3.05) is 26.6 Å². The number of benzene rings is 3. The van der Waals surface area contributed by atoms with Crippen LogP contribution in [0.3, 0.4) is 0 Å². The number of rotatable bonds is 8. The van der Waals surface area contributed by atoms with Gasteiger partial charge in [-0.3, -0.25) is 14.5 Å². The van der Waals surface area contributed by atoms with Crippen molar-refractivity contribution in [2.45, 2.75) is 6.54 Å². The number of carbonyl (C=O) groups is 2. The molecular formula is C26H24N2O5. The number of hydrogen-bond acceptors (Lipinski definition) is 6. The number of nitrogens with zero attached hydrogens (tertiary/aromatic N) is 1. The summed E-state index contributed by atoms with van der Waals surface area (Å²) in [5.74, 6) is 0.971. The zero-order valence-corrected chi connectivity index (χ0v) is 18.6. The third-order valence-electron chi connectivity index (χ3n) is 5.40. The van der Waals surface area contributed by atoms with E-state index in [4.69, 9.17) is 14.2 Å². The second kappa shape index (κ2) is 9.48. The van der Waals surface area contributed by atoms with Crippen molar-refractivity contribution in [2.24, 2.45) is 0 Å². The Morgan fingerprint density at radius 3 is 2.06 bits per heavy atom. The number of methoxy groups -OCH3 is 3. The molecule has 4 rings (SSSR count). The molecule has 0 unspecified atom stereocenters. The number of anilines is 1. The van der Waals surface area contributed by atoms with E-state index in [1.807, 2.05) is 30.3 Å². The van der Waals surface area contributed by atoms with Crippen molar-refractivity contribution in [3.05, 3.63) is 89.6 Å². The maximum Gasteiger partial charge on any atom is 0.278 e. The van der Waals surface area contributed by atoms with Gasteiger partial charge in [-0.2, -0.15) is 0 Å². The summed E-state index contributed by atoms with van der Waals surface area (Å²) in [5.41, 5.74) is 2.49. The minimum atomic E-state index is -0.410. The fourth-order valence-electron chi connectivity index (χ4n) is 3.66. The van der Waals surface area contributed by atoms with Crippen LogP contribution in [0.2, 0.25) is 0 Å². The highest BCUT2D eigenvalue weighted by atomic mass is 16.5. The Morgan fingerprint density at radius 2 is 1.42 bits per heavy atom. The summed E-state index contributed by atoms with van der Waals surface area (Å²) in [7, 11) is 4.66. The Bertz CT molecular complexity index is 1200. The summed E-state index contributed by atoms with van der Waals surface area (Å²) in [6, 6.07) is 21.6. The molecule has 0 aromatic heterocycles. The summed E-state index contributed by atoms with van der Waals surface area (Å²) in [6.07, 6.45) is 0. The number of amides is 2. The van der Waals surface area contributed by atoms with Gasteiger partial charge in [-0.1, -0.05) is 42.5 Å². The third kappa shape index (κ3) is 4.39. The predicted octanol–water partition coefficient (Wildman–Crippen LogP) is 4.10. The second-order valence-corrected chi connectivity index (χ2v) is 7.35. The molecule has 2 amide bonds. The Morgan fingerprint density at radius 1 is 0.758 bits per heavy atom. The van der Waals surface area contributed by atoms with Crippen molar-refractivity contribution in [1.82, 2.24) is 4.90 Å². The zero-order chi connectivity index (χ0) is 23.4. The minimum absolute atomic E-state index is 0.170. The summed E-state index contributed by atoms with van der Waals surface area (Å²) < 4.78 is 15.9. The number of carbonyl (C=O) groups excluding carboxylic acids is 2. The first-order valence-corrected chi connectivity index (χ1v) is 10.3. The van der Waals surface area contributed by atoms with Crippen molar-refractivity contribution >= 4 is 23.1 Å². The second-order valence-electron chi connectivity index (χ2n) is 7.35. The van der Waals surface area contributed by atoms with Gasteiger partial charge < -0.3 is 19.5 Å². The average Bonchev–Trinajstić information content (AvgIpc) is 3.09. The number of nitrogens with one attached hydrogen (secondary N) is 1. The van der Waals surface area contributed by atoms with Crippen LogP contribution in [0.25, 0.3) is 5.57 Å². The first-order valence-electron chi connectivity index (χ1n) is 10.3. The molecule has 0 fully saturated rings. The molecule has 1 aliphatic heterocycles. The lowest BCUT2D eigenvalue weighted by atomic mass is 10.0. The fourth-order valence-corrected chi connectivity index (χ4v) is 3.66. The highest BCUT2D eigenvalue weighted by Crippen LogP contribution is 2.36. The fraction of sp³-hybridized carbons (Fsp3) is 0.154. The first kappa shape index (κ1) is 22.0. The minimum Gasteiger partial charge on any atom is -0.497 e. The zero-order valence-electron chi connectivity index (χ0n) is 18.6. The van der Waals surface area contributed by atoms with Crippen LogP contribution in [-0.2, 0) is 16.1 Å². The Hall–Kier alpha value is -4.26. The third-order valence-corrected chi connectivity index (χ3v) is 5.40. The van der Waals surface area contributed by atoms with E-state index in [1.165, 1.54) is 12.0 Å². The highest BCUT2D eigenvalue weighted by molar-refractivity contribution is 6.36. The lowest BCUT2D eigenvalue weighted by Crippen LogP contribution is -2.32. The molecule has 0 saturated carbocycles. The monoisotopic (exact) mass is 444 g/mol. The van der Waals surface area contributed by atoms with Crippen LogP contribution < -0.4 is 19.5 Å². The quantitative estimate of drug-likeness (QED) is 0.527. The smallest absolute Gasteiger partial charge is 0.278 e. The normalized spacial score (nSPS) is 13.4. The van der Waals surface area contributed by atoms with E-state index in [2.05, 4.69) is 5.32 Å². The summed E-state index contributed by atoms with van der Waals surface area (Å²) in [5, 5.41) is 3.14.